The van der Waals surface area contributed by atoms with Crippen LogP contribution in [0.15, 0.2) is 42.2 Å². The van der Waals surface area contributed by atoms with Gasteiger partial charge in [-0.1, -0.05) is 45.6 Å². The number of rotatable bonds is 4. The molecule has 0 atom stereocenters. The number of allylic oxidation sites excluding steroid dienone is 5. The van der Waals surface area contributed by atoms with E-state index in [4.69, 9.17) is 0 Å². The Morgan fingerprint density at radius 2 is 2.17 bits per heavy atom. The molecule has 0 heteroatoms. The van der Waals surface area contributed by atoms with Crippen molar-refractivity contribution in [2.24, 2.45) is 5.92 Å². The number of hydrogen-bond donors (Lipinski definition) is 0. The second-order valence-electron chi connectivity index (χ2n) is 3.00. The van der Waals surface area contributed by atoms with Crippen LogP contribution in [0.4, 0.5) is 0 Å². The maximum atomic E-state index is 3.50. The van der Waals surface area contributed by atoms with E-state index in [9.17, 15) is 0 Å². The van der Waals surface area contributed by atoms with Crippen LogP contribution < -0.4 is 0 Å². The molecule has 0 N–H and O–H groups in total. The van der Waals surface area contributed by atoms with E-state index >= 15 is 0 Å². The molecule has 0 aromatic rings. The van der Waals surface area contributed by atoms with Crippen LogP contribution in [-0.4, -0.2) is 0 Å². The molecule has 0 aromatic carbocycles. The van der Waals surface area contributed by atoms with Crippen molar-refractivity contribution in [3.05, 3.63) is 42.2 Å². The van der Waals surface area contributed by atoms with Crippen LogP contribution in [0, 0.1) is 5.92 Å². The molecule has 0 aliphatic heterocycles. The Bertz CT molecular complexity index is 210. The maximum Gasteiger partial charge on any atom is -0.0206 e. The summed E-state index contributed by atoms with van der Waals surface area (Å²) in [7, 11) is 0. The van der Waals surface area contributed by atoms with Crippen molar-refractivity contribution in [3.8, 4) is 0 Å². The van der Waals surface area contributed by atoms with Crippen molar-refractivity contribution in [3.63, 3.8) is 0 Å². The van der Waals surface area contributed by atoms with E-state index in [0.717, 1.165) is 6.42 Å². The minimum absolute atomic E-state index is 0.597. The number of hydrogen-bond acceptors (Lipinski definition) is 0. The van der Waals surface area contributed by atoms with E-state index < -0.39 is 0 Å². The molecule has 12 heavy (non-hydrogen) atoms. The van der Waals surface area contributed by atoms with Gasteiger partial charge in [0.05, 0.1) is 0 Å². The monoisotopic (exact) mass is 162 g/mol. The van der Waals surface area contributed by atoms with Crippen molar-refractivity contribution in [1.82, 2.24) is 0 Å². The summed E-state index contributed by atoms with van der Waals surface area (Å²) in [6.07, 6.45) is 9.26. The third kappa shape index (κ3) is 4.76. The summed E-state index contributed by atoms with van der Waals surface area (Å²) in [6.45, 7) is 10.0. The summed E-state index contributed by atoms with van der Waals surface area (Å²) in [4.78, 5) is 0. The van der Waals surface area contributed by atoms with Crippen LogP contribution in [0.5, 0.6) is 0 Å². The maximum absolute atomic E-state index is 3.50. The van der Waals surface area contributed by atoms with Gasteiger partial charge >= 0.3 is 0 Å². The predicted octanol–water partition coefficient (Wildman–Crippen LogP) is 3.88. The summed E-state index contributed by atoms with van der Waals surface area (Å²) in [6, 6.07) is 0. The molecule has 0 unspecified atom stereocenters. The summed E-state index contributed by atoms with van der Waals surface area (Å²) >= 11 is 0. The molecule has 0 rings (SSSR count). The largest absolute Gasteiger partial charge is 0.129 e. The second kappa shape index (κ2) is 6.69. The Labute approximate surface area is 76.0 Å². The molecule has 0 aliphatic rings. The van der Waals surface area contributed by atoms with E-state index in [1.54, 1.807) is 0 Å². The molecule has 0 radical (unpaired) electrons. The second-order valence-corrected chi connectivity index (χ2v) is 3.00. The highest BCUT2D eigenvalue weighted by Crippen LogP contribution is 2.11. The van der Waals surface area contributed by atoms with Crippen LogP contribution in [0.25, 0.3) is 0 Å². The fourth-order valence-electron chi connectivity index (χ4n) is 0.959. The zero-order valence-electron chi connectivity index (χ0n) is 8.30. The molecule has 0 amide bonds. The van der Waals surface area contributed by atoms with Crippen LogP contribution in [0.3, 0.4) is 0 Å². The SMILES string of the molecule is C=C=CC=CC(=CCC)C(C)C. The van der Waals surface area contributed by atoms with Gasteiger partial charge in [0, 0.05) is 0 Å². The molecule has 0 aromatic heterocycles. The minimum Gasteiger partial charge on any atom is -0.129 e. The Kier molecular flexibility index (Phi) is 6.14. The summed E-state index contributed by atoms with van der Waals surface area (Å²) in [5.74, 6) is 0.597. The van der Waals surface area contributed by atoms with Gasteiger partial charge in [-0.25, -0.2) is 0 Å². The first-order valence-electron chi connectivity index (χ1n) is 4.44. The highest BCUT2D eigenvalue weighted by Gasteiger charge is 1.95. The van der Waals surface area contributed by atoms with Gasteiger partial charge in [-0.15, -0.1) is 5.73 Å². The highest BCUT2D eigenvalue weighted by atomic mass is 14.0. The van der Waals surface area contributed by atoms with Gasteiger partial charge in [0.15, 0.2) is 0 Å². The molecule has 0 aliphatic carbocycles. The molecular weight excluding hydrogens is 144 g/mol. The van der Waals surface area contributed by atoms with Crippen LogP contribution in [0.1, 0.15) is 27.2 Å². The van der Waals surface area contributed by atoms with E-state index in [2.05, 4.69) is 45.2 Å². The molecule has 0 saturated carbocycles. The summed E-state index contributed by atoms with van der Waals surface area (Å²) in [5.41, 5.74) is 4.09. The van der Waals surface area contributed by atoms with Gasteiger partial charge in [-0.05, 0) is 24.0 Å². The summed E-state index contributed by atoms with van der Waals surface area (Å²) in [5, 5.41) is 0. The first-order chi connectivity index (χ1) is 5.72. The topological polar surface area (TPSA) is 0 Å². The van der Waals surface area contributed by atoms with Crippen molar-refractivity contribution >= 4 is 0 Å². The van der Waals surface area contributed by atoms with E-state index in [0.29, 0.717) is 5.92 Å². The molecule has 0 fully saturated rings. The lowest BCUT2D eigenvalue weighted by Gasteiger charge is -2.04. The van der Waals surface area contributed by atoms with Gasteiger partial charge in [0.25, 0.3) is 0 Å². The first kappa shape index (κ1) is 11.0. The first-order valence-corrected chi connectivity index (χ1v) is 4.44. The molecule has 0 saturated heterocycles. The third-order valence-electron chi connectivity index (χ3n) is 1.61. The lowest BCUT2D eigenvalue weighted by atomic mass is 10.0. The average Bonchev–Trinajstić information content (AvgIpc) is 2.03. The van der Waals surface area contributed by atoms with Crippen molar-refractivity contribution in [1.29, 1.82) is 0 Å². The molecule has 0 bridgehead atoms. The van der Waals surface area contributed by atoms with Gasteiger partial charge < -0.3 is 0 Å². The fourth-order valence-corrected chi connectivity index (χ4v) is 0.959. The standard InChI is InChI=1S/C12H18/c1-5-7-8-10-12(9-6-2)11(3)4/h7-11H,1,6H2,2-4H3. The molecule has 66 valence electrons. The van der Waals surface area contributed by atoms with Crippen LogP contribution in [-0.2, 0) is 0 Å². The van der Waals surface area contributed by atoms with Gasteiger partial charge in [-0.3, -0.25) is 0 Å². The summed E-state index contributed by atoms with van der Waals surface area (Å²) < 4.78 is 0. The van der Waals surface area contributed by atoms with Gasteiger partial charge in [0.2, 0.25) is 0 Å². The lowest BCUT2D eigenvalue weighted by Crippen LogP contribution is -1.89. The zero-order chi connectivity index (χ0) is 9.40. The van der Waals surface area contributed by atoms with E-state index in [1.165, 1.54) is 5.57 Å². The molecule has 0 nitrogen and oxygen atoms in total. The Morgan fingerprint density at radius 3 is 2.58 bits per heavy atom. The highest BCUT2D eigenvalue weighted by molar-refractivity contribution is 5.23. The fraction of sp³-hybridized carbons (Fsp3) is 0.417. The Balaban J connectivity index is 4.33. The average molecular weight is 162 g/mol. The van der Waals surface area contributed by atoms with Crippen molar-refractivity contribution in [2.75, 3.05) is 0 Å². The minimum atomic E-state index is 0.597. The van der Waals surface area contributed by atoms with Gasteiger partial charge in [0.1, 0.15) is 0 Å². The normalized spacial score (nSPS) is 12.2. The quantitative estimate of drug-likeness (QED) is 0.435. The van der Waals surface area contributed by atoms with Crippen LogP contribution in [0.2, 0.25) is 0 Å². The lowest BCUT2D eigenvalue weighted by molar-refractivity contribution is 0.785. The van der Waals surface area contributed by atoms with Crippen molar-refractivity contribution < 1.29 is 0 Å². The van der Waals surface area contributed by atoms with E-state index in [-0.39, 0.29) is 0 Å². The van der Waals surface area contributed by atoms with Crippen LogP contribution >= 0.6 is 0 Å². The Morgan fingerprint density at radius 1 is 1.50 bits per heavy atom. The van der Waals surface area contributed by atoms with E-state index in [1.807, 2.05) is 12.2 Å². The molecular formula is C12H18. The van der Waals surface area contributed by atoms with Gasteiger partial charge in [-0.2, -0.15) is 0 Å². The van der Waals surface area contributed by atoms with Crippen molar-refractivity contribution in [2.45, 2.75) is 27.2 Å². The molecule has 0 spiro atoms. The smallest absolute Gasteiger partial charge is 0.0206 e. The predicted molar refractivity (Wildman–Crippen MR) is 56.1 cm³/mol. The third-order valence-corrected chi connectivity index (χ3v) is 1.61. The molecule has 0 heterocycles. The Hall–Kier alpha value is -1.00. The zero-order valence-corrected chi connectivity index (χ0v) is 8.30.